The number of benzene rings is 3. The van der Waals surface area contributed by atoms with E-state index in [-0.39, 0.29) is 6.54 Å². The van der Waals surface area contributed by atoms with Crippen LogP contribution in [0.15, 0.2) is 77.4 Å². The molecule has 148 valence electrons. The first-order chi connectivity index (χ1) is 14.5. The van der Waals surface area contributed by atoms with Crippen molar-refractivity contribution in [3.8, 4) is 11.3 Å². The highest BCUT2D eigenvalue weighted by Gasteiger charge is 2.18. The second-order valence-electron chi connectivity index (χ2n) is 7.14. The number of furan rings is 1. The quantitative estimate of drug-likeness (QED) is 0.433. The maximum absolute atomic E-state index is 13.8. The van der Waals surface area contributed by atoms with Gasteiger partial charge in [-0.25, -0.2) is 8.78 Å². The van der Waals surface area contributed by atoms with Crippen LogP contribution in [-0.2, 0) is 6.54 Å². The number of carbonyl (C=O) groups is 1. The normalized spacial score (nSPS) is 11.4. The zero-order chi connectivity index (χ0) is 20.8. The van der Waals surface area contributed by atoms with Crippen molar-refractivity contribution >= 4 is 27.7 Å². The second kappa shape index (κ2) is 6.84. The molecule has 5 aromatic rings. The van der Waals surface area contributed by atoms with Crippen LogP contribution in [0.1, 0.15) is 15.9 Å². The first-order valence-electron chi connectivity index (χ1n) is 9.35. The van der Waals surface area contributed by atoms with Gasteiger partial charge in [0.1, 0.15) is 17.4 Å². The number of aromatic nitrogens is 1. The van der Waals surface area contributed by atoms with Gasteiger partial charge in [0.15, 0.2) is 0 Å². The molecule has 0 spiro atoms. The molecule has 2 heterocycles. The monoisotopic (exact) mass is 402 g/mol. The van der Waals surface area contributed by atoms with E-state index in [1.165, 1.54) is 12.1 Å². The average molecular weight is 402 g/mol. The molecule has 0 aliphatic heterocycles. The summed E-state index contributed by atoms with van der Waals surface area (Å²) in [6, 6.07) is 18.1. The van der Waals surface area contributed by atoms with Gasteiger partial charge in [0.05, 0.1) is 17.3 Å². The number of fused-ring (bicyclic) bond motifs is 3. The smallest absolute Gasteiger partial charge is 0.249 e. The summed E-state index contributed by atoms with van der Waals surface area (Å²) in [5.41, 5.74) is 8.89. The van der Waals surface area contributed by atoms with Crippen molar-refractivity contribution in [2.75, 3.05) is 0 Å². The molecular weight excluding hydrogens is 386 g/mol. The Morgan fingerprint density at radius 2 is 1.73 bits per heavy atom. The van der Waals surface area contributed by atoms with Crippen LogP contribution in [0.4, 0.5) is 8.78 Å². The number of hydrogen-bond acceptors (Lipinski definition) is 2. The number of nitrogens with two attached hydrogens (primary N) is 1. The minimum absolute atomic E-state index is 0.221. The van der Waals surface area contributed by atoms with Crippen LogP contribution >= 0.6 is 0 Å². The molecule has 6 heteroatoms. The Labute approximate surface area is 170 Å². The summed E-state index contributed by atoms with van der Waals surface area (Å²) < 4.78 is 35.0. The fourth-order valence-corrected chi connectivity index (χ4v) is 4.00. The standard InChI is InChI=1S/C24H16F2N2O2/c25-16-9-14(10-17(26)12-16)13-28-20-4-1-3-19(24(27)29)23(20)18-7-6-15(11-21(18)28)22-5-2-8-30-22/h1-12H,13H2,(H2,27,29). The number of hydrogen-bond donors (Lipinski definition) is 1. The predicted octanol–water partition coefficient (Wildman–Crippen LogP) is 5.48. The highest BCUT2D eigenvalue weighted by Crippen LogP contribution is 2.35. The Balaban J connectivity index is 1.82. The van der Waals surface area contributed by atoms with Gasteiger partial charge in [-0.2, -0.15) is 0 Å². The Bertz CT molecular complexity index is 1400. The molecule has 0 aliphatic rings. The lowest BCUT2D eigenvalue weighted by Gasteiger charge is -2.09. The van der Waals surface area contributed by atoms with E-state index in [2.05, 4.69) is 0 Å². The number of carbonyl (C=O) groups excluding carboxylic acids is 1. The van der Waals surface area contributed by atoms with Gasteiger partial charge in [-0.15, -0.1) is 0 Å². The molecule has 0 saturated heterocycles. The lowest BCUT2D eigenvalue weighted by atomic mass is 10.0. The maximum Gasteiger partial charge on any atom is 0.249 e. The minimum atomic E-state index is -0.639. The number of halogens is 2. The van der Waals surface area contributed by atoms with Crippen LogP contribution in [0.3, 0.4) is 0 Å². The summed E-state index contributed by atoms with van der Waals surface area (Å²) in [5.74, 6) is -1.12. The molecule has 30 heavy (non-hydrogen) atoms. The van der Waals surface area contributed by atoms with Crippen molar-refractivity contribution in [2.45, 2.75) is 6.54 Å². The van der Waals surface area contributed by atoms with Gasteiger partial charge in [0.2, 0.25) is 5.91 Å². The molecule has 1 amide bonds. The van der Waals surface area contributed by atoms with Gasteiger partial charge in [0.25, 0.3) is 0 Å². The molecule has 5 rings (SSSR count). The molecule has 2 N–H and O–H groups in total. The first kappa shape index (κ1) is 18.1. The van der Waals surface area contributed by atoms with E-state index in [0.717, 1.165) is 28.0 Å². The van der Waals surface area contributed by atoms with Crippen LogP contribution < -0.4 is 5.73 Å². The zero-order valence-electron chi connectivity index (χ0n) is 15.7. The maximum atomic E-state index is 13.8. The third kappa shape index (κ3) is 2.93. The lowest BCUT2D eigenvalue weighted by Crippen LogP contribution is -2.11. The van der Waals surface area contributed by atoms with Crippen molar-refractivity contribution in [1.29, 1.82) is 0 Å². The van der Waals surface area contributed by atoms with E-state index in [0.29, 0.717) is 22.3 Å². The molecule has 0 bridgehead atoms. The second-order valence-corrected chi connectivity index (χ2v) is 7.14. The predicted molar refractivity (Wildman–Crippen MR) is 111 cm³/mol. The molecule has 2 aromatic heterocycles. The SMILES string of the molecule is NC(=O)c1cccc2c1c1ccc(-c3ccco3)cc1n2Cc1cc(F)cc(F)c1. The van der Waals surface area contributed by atoms with E-state index in [1.54, 1.807) is 24.5 Å². The Morgan fingerprint density at radius 1 is 0.933 bits per heavy atom. The highest BCUT2D eigenvalue weighted by atomic mass is 19.1. The number of nitrogens with zero attached hydrogens (tertiary/aromatic N) is 1. The van der Waals surface area contributed by atoms with Gasteiger partial charge in [-0.3, -0.25) is 4.79 Å². The van der Waals surface area contributed by atoms with Crippen LogP contribution in [-0.4, -0.2) is 10.5 Å². The Hall–Kier alpha value is -3.93. The van der Waals surface area contributed by atoms with Crippen LogP contribution in [0.5, 0.6) is 0 Å². The summed E-state index contributed by atoms with van der Waals surface area (Å²) >= 11 is 0. The summed E-state index contributed by atoms with van der Waals surface area (Å²) in [6.45, 7) is 0.221. The van der Waals surface area contributed by atoms with Crippen molar-refractivity contribution in [3.63, 3.8) is 0 Å². The van der Waals surface area contributed by atoms with Gasteiger partial charge in [-0.05, 0) is 48.0 Å². The zero-order valence-corrected chi connectivity index (χ0v) is 15.7. The molecule has 0 aliphatic carbocycles. The fourth-order valence-electron chi connectivity index (χ4n) is 4.00. The summed E-state index contributed by atoms with van der Waals surface area (Å²) in [7, 11) is 0. The lowest BCUT2D eigenvalue weighted by molar-refractivity contribution is 0.100. The fraction of sp³-hybridized carbons (Fsp3) is 0.0417. The van der Waals surface area contributed by atoms with Crippen molar-refractivity contribution in [3.05, 3.63) is 95.8 Å². The third-order valence-corrected chi connectivity index (χ3v) is 5.23. The summed E-state index contributed by atoms with van der Waals surface area (Å²) in [4.78, 5) is 12.1. The molecule has 4 nitrogen and oxygen atoms in total. The van der Waals surface area contributed by atoms with Crippen molar-refractivity contribution in [1.82, 2.24) is 4.57 Å². The van der Waals surface area contributed by atoms with E-state index in [4.69, 9.17) is 10.2 Å². The molecule has 0 radical (unpaired) electrons. The number of rotatable bonds is 4. The van der Waals surface area contributed by atoms with Gasteiger partial charge < -0.3 is 14.7 Å². The topological polar surface area (TPSA) is 61.2 Å². The first-order valence-corrected chi connectivity index (χ1v) is 9.35. The summed E-state index contributed by atoms with van der Waals surface area (Å²) in [5, 5.41) is 1.54. The Kier molecular flexibility index (Phi) is 4.13. The van der Waals surface area contributed by atoms with Crippen molar-refractivity contribution in [2.24, 2.45) is 5.73 Å². The van der Waals surface area contributed by atoms with Gasteiger partial charge in [0, 0.05) is 34.5 Å². The molecular formula is C24H16F2N2O2. The molecule has 0 fully saturated rings. The molecule has 0 atom stereocenters. The molecule has 3 aromatic carbocycles. The molecule has 0 saturated carbocycles. The number of amides is 1. The van der Waals surface area contributed by atoms with E-state index < -0.39 is 17.5 Å². The summed E-state index contributed by atoms with van der Waals surface area (Å²) in [6.07, 6.45) is 1.59. The van der Waals surface area contributed by atoms with Gasteiger partial charge in [-0.1, -0.05) is 18.2 Å². The largest absolute Gasteiger partial charge is 0.464 e. The van der Waals surface area contributed by atoms with E-state index in [1.807, 2.05) is 34.9 Å². The number of primary amides is 1. The molecule has 0 unspecified atom stereocenters. The van der Waals surface area contributed by atoms with Crippen molar-refractivity contribution < 1.29 is 18.0 Å². The minimum Gasteiger partial charge on any atom is -0.464 e. The Morgan fingerprint density at radius 3 is 2.43 bits per heavy atom. The van der Waals surface area contributed by atoms with E-state index >= 15 is 0 Å². The average Bonchev–Trinajstić information content (AvgIpc) is 3.34. The highest BCUT2D eigenvalue weighted by molar-refractivity contribution is 6.18. The van der Waals surface area contributed by atoms with Gasteiger partial charge >= 0.3 is 0 Å². The van der Waals surface area contributed by atoms with Crippen LogP contribution in [0.25, 0.3) is 33.1 Å². The van der Waals surface area contributed by atoms with Crippen LogP contribution in [0.2, 0.25) is 0 Å². The van der Waals surface area contributed by atoms with E-state index in [9.17, 15) is 13.6 Å². The van der Waals surface area contributed by atoms with Crippen LogP contribution in [0, 0.1) is 11.6 Å². The third-order valence-electron chi connectivity index (χ3n) is 5.23.